The van der Waals surface area contributed by atoms with Crippen LogP contribution < -0.4 is 29.7 Å². The van der Waals surface area contributed by atoms with Crippen LogP contribution in [0.25, 0.3) is 0 Å². The third kappa shape index (κ3) is 4.23. The molecular weight excluding hydrogens is 378 g/mol. The van der Waals surface area contributed by atoms with Crippen molar-refractivity contribution in [2.24, 2.45) is 5.92 Å². The summed E-state index contributed by atoms with van der Waals surface area (Å²) in [6.45, 7) is -0.106. The highest BCUT2D eigenvalue weighted by atomic mass is 16.5. The van der Waals surface area contributed by atoms with Gasteiger partial charge in [0.1, 0.15) is 23.2 Å². The van der Waals surface area contributed by atoms with Gasteiger partial charge in [0.05, 0.1) is 27.0 Å². The van der Waals surface area contributed by atoms with E-state index in [9.17, 15) is 14.4 Å². The summed E-state index contributed by atoms with van der Waals surface area (Å²) in [5, 5.41) is 5.25. The van der Waals surface area contributed by atoms with Crippen molar-refractivity contribution >= 4 is 29.2 Å². The minimum absolute atomic E-state index is 0.106. The fourth-order valence-electron chi connectivity index (χ4n) is 2.92. The maximum atomic E-state index is 12.9. The average Bonchev–Trinajstić information content (AvgIpc) is 2.73. The number of carbonyl (C=O) groups excluding carboxylic acids is 3. The van der Waals surface area contributed by atoms with E-state index in [1.165, 1.54) is 21.3 Å². The summed E-state index contributed by atoms with van der Waals surface area (Å²) in [6, 6.07) is 10.7. The van der Waals surface area contributed by atoms with Crippen molar-refractivity contribution in [1.82, 2.24) is 5.32 Å². The van der Waals surface area contributed by atoms with Crippen LogP contribution >= 0.6 is 0 Å². The number of nitrogens with one attached hydrogen (secondary N) is 2. The second-order valence-electron chi connectivity index (χ2n) is 6.20. The Balaban J connectivity index is 1.82. The van der Waals surface area contributed by atoms with Crippen LogP contribution in [0.5, 0.6) is 17.2 Å². The molecule has 9 heteroatoms. The van der Waals surface area contributed by atoms with Gasteiger partial charge in [0.25, 0.3) is 0 Å². The summed E-state index contributed by atoms with van der Waals surface area (Å²) < 4.78 is 15.5. The minimum Gasteiger partial charge on any atom is -0.497 e. The molecule has 1 aliphatic heterocycles. The minimum atomic E-state index is -1.10. The van der Waals surface area contributed by atoms with Crippen LogP contribution in [0.4, 0.5) is 16.2 Å². The maximum absolute atomic E-state index is 12.9. The van der Waals surface area contributed by atoms with E-state index in [4.69, 9.17) is 14.2 Å². The normalized spacial score (nSPS) is 16.1. The van der Waals surface area contributed by atoms with E-state index in [0.717, 1.165) is 4.90 Å². The van der Waals surface area contributed by atoms with Crippen LogP contribution in [0, 0.1) is 5.92 Å². The third-order valence-corrected chi connectivity index (χ3v) is 4.43. The number of nitrogens with zero attached hydrogens (tertiary/aromatic N) is 1. The lowest BCUT2D eigenvalue weighted by Gasteiger charge is -2.30. The highest BCUT2D eigenvalue weighted by Gasteiger charge is 2.39. The molecule has 29 heavy (non-hydrogen) atoms. The van der Waals surface area contributed by atoms with Gasteiger partial charge in [-0.25, -0.2) is 9.69 Å². The molecule has 0 aliphatic carbocycles. The molecule has 1 aliphatic rings. The molecule has 1 saturated heterocycles. The Morgan fingerprint density at radius 2 is 1.66 bits per heavy atom. The number of hydrogen-bond donors (Lipinski definition) is 2. The lowest BCUT2D eigenvalue weighted by molar-refractivity contribution is -0.130. The van der Waals surface area contributed by atoms with Gasteiger partial charge in [-0.1, -0.05) is 6.07 Å². The highest BCUT2D eigenvalue weighted by Crippen LogP contribution is 2.28. The van der Waals surface area contributed by atoms with Crippen LogP contribution in [-0.2, 0) is 9.59 Å². The first-order valence-corrected chi connectivity index (χ1v) is 8.76. The van der Waals surface area contributed by atoms with Crippen LogP contribution in [0.2, 0.25) is 0 Å². The largest absolute Gasteiger partial charge is 0.497 e. The van der Waals surface area contributed by atoms with Gasteiger partial charge in [-0.15, -0.1) is 0 Å². The van der Waals surface area contributed by atoms with E-state index in [0.29, 0.717) is 28.6 Å². The number of carbonyl (C=O) groups is 3. The molecule has 1 unspecified atom stereocenters. The van der Waals surface area contributed by atoms with E-state index in [1.807, 2.05) is 0 Å². The quantitative estimate of drug-likeness (QED) is 0.720. The van der Waals surface area contributed by atoms with Crippen molar-refractivity contribution in [1.29, 1.82) is 0 Å². The highest BCUT2D eigenvalue weighted by molar-refractivity contribution is 6.23. The van der Waals surface area contributed by atoms with E-state index in [1.54, 1.807) is 42.5 Å². The number of benzene rings is 2. The second kappa shape index (κ2) is 8.51. The molecular formula is C20H21N3O6. The molecule has 0 saturated carbocycles. The predicted octanol–water partition coefficient (Wildman–Crippen LogP) is 2.02. The summed E-state index contributed by atoms with van der Waals surface area (Å²) >= 11 is 0. The van der Waals surface area contributed by atoms with Gasteiger partial charge in [0.15, 0.2) is 0 Å². The van der Waals surface area contributed by atoms with Gasteiger partial charge in [-0.3, -0.25) is 9.59 Å². The Kier molecular flexibility index (Phi) is 5.87. The Morgan fingerprint density at radius 3 is 2.28 bits per heavy atom. The number of ether oxygens (including phenoxy) is 3. The monoisotopic (exact) mass is 399 g/mol. The van der Waals surface area contributed by atoms with E-state index < -0.39 is 23.8 Å². The zero-order valence-corrected chi connectivity index (χ0v) is 16.2. The number of anilines is 2. The Bertz CT molecular complexity index is 923. The van der Waals surface area contributed by atoms with Crippen molar-refractivity contribution in [2.75, 3.05) is 38.1 Å². The number of hydrogen-bond acceptors (Lipinski definition) is 6. The van der Waals surface area contributed by atoms with Gasteiger partial charge >= 0.3 is 6.03 Å². The molecule has 0 aromatic heterocycles. The first kappa shape index (κ1) is 20.0. The number of imide groups is 1. The zero-order valence-electron chi connectivity index (χ0n) is 16.2. The van der Waals surface area contributed by atoms with E-state index in [-0.39, 0.29) is 6.54 Å². The fraction of sp³-hybridized carbons (Fsp3) is 0.250. The third-order valence-electron chi connectivity index (χ3n) is 4.43. The molecule has 1 fully saturated rings. The van der Waals surface area contributed by atoms with Crippen molar-refractivity contribution < 1.29 is 28.6 Å². The summed E-state index contributed by atoms with van der Waals surface area (Å²) in [5.74, 6) is -0.830. The molecule has 9 nitrogen and oxygen atoms in total. The van der Waals surface area contributed by atoms with Crippen molar-refractivity contribution in [2.45, 2.75) is 0 Å². The van der Waals surface area contributed by atoms with Crippen molar-refractivity contribution in [3.63, 3.8) is 0 Å². The molecule has 0 radical (unpaired) electrons. The maximum Gasteiger partial charge on any atom is 0.328 e. The van der Waals surface area contributed by atoms with Gasteiger partial charge in [0, 0.05) is 36.5 Å². The molecule has 2 aromatic rings. The number of urea groups is 1. The molecule has 0 spiro atoms. The SMILES string of the molecule is COc1cc(NC(=O)C2CNC(=O)N(c3cccc(OC)c3)C2=O)cc(OC)c1. The lowest BCUT2D eigenvalue weighted by Crippen LogP contribution is -2.58. The van der Waals surface area contributed by atoms with Crippen LogP contribution in [-0.4, -0.2) is 45.7 Å². The molecule has 2 aromatic carbocycles. The Morgan fingerprint density at radius 1 is 1.00 bits per heavy atom. The van der Waals surface area contributed by atoms with Crippen LogP contribution in [0.3, 0.4) is 0 Å². The summed E-state index contributed by atoms with van der Waals surface area (Å²) in [6.07, 6.45) is 0. The van der Waals surface area contributed by atoms with Gasteiger partial charge in [-0.2, -0.15) is 0 Å². The second-order valence-corrected chi connectivity index (χ2v) is 6.20. The van der Waals surface area contributed by atoms with Crippen molar-refractivity contribution in [3.05, 3.63) is 42.5 Å². The predicted molar refractivity (Wildman–Crippen MR) is 106 cm³/mol. The molecule has 3 rings (SSSR count). The Hall–Kier alpha value is -3.75. The summed E-state index contributed by atoms with van der Waals surface area (Å²) in [4.78, 5) is 38.9. The first-order valence-electron chi connectivity index (χ1n) is 8.76. The smallest absolute Gasteiger partial charge is 0.328 e. The molecule has 152 valence electrons. The van der Waals surface area contributed by atoms with Crippen LogP contribution in [0.1, 0.15) is 0 Å². The fourth-order valence-corrected chi connectivity index (χ4v) is 2.92. The molecule has 1 atom stereocenters. The molecule has 0 bridgehead atoms. The summed E-state index contributed by atoms with van der Waals surface area (Å²) in [5.41, 5.74) is 0.719. The van der Waals surface area contributed by atoms with E-state index in [2.05, 4.69) is 10.6 Å². The van der Waals surface area contributed by atoms with Gasteiger partial charge < -0.3 is 24.8 Å². The topological polar surface area (TPSA) is 106 Å². The zero-order chi connectivity index (χ0) is 21.0. The van der Waals surface area contributed by atoms with Gasteiger partial charge in [-0.05, 0) is 12.1 Å². The number of rotatable bonds is 6. The molecule has 1 heterocycles. The van der Waals surface area contributed by atoms with Gasteiger partial charge in [0.2, 0.25) is 11.8 Å². The Labute approximate surface area is 167 Å². The van der Waals surface area contributed by atoms with Crippen LogP contribution in [0.15, 0.2) is 42.5 Å². The first-order chi connectivity index (χ1) is 14.0. The molecule has 2 N–H and O–H groups in total. The number of amides is 4. The van der Waals surface area contributed by atoms with E-state index >= 15 is 0 Å². The average molecular weight is 399 g/mol. The standard InChI is InChI=1S/C20H21N3O6/c1-27-14-6-4-5-13(9-14)23-19(25)17(11-21-20(23)26)18(24)22-12-7-15(28-2)10-16(8-12)29-3/h4-10,17H,11H2,1-3H3,(H,21,26)(H,22,24). The lowest BCUT2D eigenvalue weighted by atomic mass is 10.0. The summed E-state index contributed by atoms with van der Waals surface area (Å²) in [7, 11) is 4.47. The van der Waals surface area contributed by atoms with Crippen molar-refractivity contribution in [3.8, 4) is 17.2 Å². The number of methoxy groups -OCH3 is 3. The molecule has 4 amide bonds.